The second kappa shape index (κ2) is 12.8. The Balaban J connectivity index is 0.00000392. The molecular weight excluding hydrogens is 467 g/mol. The summed E-state index contributed by atoms with van der Waals surface area (Å²) in [5.74, 6) is 0.816. The number of hydrogen-bond acceptors (Lipinski definition) is 3. The third-order valence-corrected chi connectivity index (χ3v) is 4.73. The van der Waals surface area contributed by atoms with Gasteiger partial charge in [0, 0.05) is 37.9 Å². The van der Waals surface area contributed by atoms with Gasteiger partial charge < -0.3 is 21.3 Å². The largest absolute Gasteiger partial charge is 0.355 e. The van der Waals surface area contributed by atoms with Crippen LogP contribution in [0.1, 0.15) is 39.2 Å². The van der Waals surface area contributed by atoms with E-state index in [0.29, 0.717) is 12.6 Å². The van der Waals surface area contributed by atoms with E-state index in [1.54, 1.807) is 7.05 Å². The fraction of sp³-hybridized carbons (Fsp3) is 0.600. The number of halogens is 1. The Hall–Kier alpha value is -1.55. The van der Waals surface area contributed by atoms with Crippen LogP contribution in [0.5, 0.6) is 0 Å². The van der Waals surface area contributed by atoms with E-state index in [4.69, 9.17) is 0 Å². The summed E-state index contributed by atoms with van der Waals surface area (Å²) in [5.41, 5.74) is 1.91. The Morgan fingerprint density at radius 2 is 1.96 bits per heavy atom. The second-order valence-corrected chi connectivity index (χ2v) is 7.18. The highest BCUT2D eigenvalue weighted by molar-refractivity contribution is 14.0. The predicted molar refractivity (Wildman–Crippen MR) is 128 cm³/mol. The van der Waals surface area contributed by atoms with Crippen molar-refractivity contribution in [2.45, 2.75) is 52.2 Å². The molecule has 2 rings (SSSR count). The van der Waals surface area contributed by atoms with Gasteiger partial charge in [0.05, 0.1) is 0 Å². The molecule has 0 aliphatic carbocycles. The van der Waals surface area contributed by atoms with E-state index in [2.05, 4.69) is 38.1 Å². The molecule has 1 aromatic carbocycles. The van der Waals surface area contributed by atoms with E-state index < -0.39 is 0 Å². The van der Waals surface area contributed by atoms with Crippen LogP contribution in [-0.2, 0) is 6.54 Å². The predicted octanol–water partition coefficient (Wildman–Crippen LogP) is 2.98. The smallest absolute Gasteiger partial charge is 0.319 e. The van der Waals surface area contributed by atoms with Gasteiger partial charge in [0.2, 0.25) is 0 Å². The summed E-state index contributed by atoms with van der Waals surface area (Å²) in [7, 11) is 1.79. The maximum atomic E-state index is 11.7. The van der Waals surface area contributed by atoms with Crippen molar-refractivity contribution in [3.8, 4) is 0 Å². The van der Waals surface area contributed by atoms with Crippen molar-refractivity contribution in [1.29, 1.82) is 0 Å². The monoisotopic (exact) mass is 502 g/mol. The fourth-order valence-electron chi connectivity index (χ4n) is 3.30. The summed E-state index contributed by atoms with van der Waals surface area (Å²) < 4.78 is 0. The molecule has 7 nitrogen and oxygen atoms in total. The Morgan fingerprint density at radius 1 is 1.25 bits per heavy atom. The maximum absolute atomic E-state index is 11.7. The number of aliphatic imine (C=N–C) groups is 1. The van der Waals surface area contributed by atoms with Crippen LogP contribution >= 0.6 is 24.0 Å². The zero-order chi connectivity index (χ0) is 19.6. The minimum Gasteiger partial charge on any atom is -0.355 e. The van der Waals surface area contributed by atoms with E-state index in [1.165, 1.54) is 19.4 Å². The fourth-order valence-corrected chi connectivity index (χ4v) is 3.30. The summed E-state index contributed by atoms with van der Waals surface area (Å²) in [6.07, 6.45) is 2.53. The molecule has 0 saturated carbocycles. The number of hydrogen-bond donors (Lipinski definition) is 4. The van der Waals surface area contributed by atoms with Gasteiger partial charge in [0.15, 0.2) is 5.96 Å². The number of guanidine groups is 1. The van der Waals surface area contributed by atoms with Gasteiger partial charge in [-0.05, 0) is 57.5 Å². The number of amides is 2. The number of likely N-dealkylation sites (N-methyl/N-ethyl adjacent to an activating group) is 1. The minimum atomic E-state index is -0.187. The number of carbonyl (C=O) groups excluding carboxylic acids is 1. The zero-order valence-electron chi connectivity index (χ0n) is 17.4. The SMILES string of the molecule is CCN1CCCC1CNC(=NC)NCc1ccc(NC(=O)NC(C)C)cc1.I. The summed E-state index contributed by atoms with van der Waals surface area (Å²) in [6, 6.07) is 8.34. The first-order valence-electron chi connectivity index (χ1n) is 9.86. The third-order valence-electron chi connectivity index (χ3n) is 4.73. The second-order valence-electron chi connectivity index (χ2n) is 7.18. The highest BCUT2D eigenvalue weighted by Crippen LogP contribution is 2.15. The van der Waals surface area contributed by atoms with E-state index in [9.17, 15) is 4.79 Å². The van der Waals surface area contributed by atoms with Crippen LogP contribution in [0.3, 0.4) is 0 Å². The molecule has 1 unspecified atom stereocenters. The van der Waals surface area contributed by atoms with Crippen molar-refractivity contribution in [2.24, 2.45) is 4.99 Å². The van der Waals surface area contributed by atoms with E-state index in [0.717, 1.165) is 30.3 Å². The Labute approximate surface area is 186 Å². The maximum Gasteiger partial charge on any atom is 0.319 e. The lowest BCUT2D eigenvalue weighted by molar-refractivity contribution is 0.250. The Morgan fingerprint density at radius 3 is 2.57 bits per heavy atom. The number of benzene rings is 1. The summed E-state index contributed by atoms with van der Waals surface area (Å²) >= 11 is 0. The molecule has 1 aliphatic rings. The van der Waals surface area contributed by atoms with Gasteiger partial charge in [-0.25, -0.2) is 4.79 Å². The van der Waals surface area contributed by atoms with Gasteiger partial charge in [-0.1, -0.05) is 19.1 Å². The van der Waals surface area contributed by atoms with E-state index in [-0.39, 0.29) is 36.0 Å². The van der Waals surface area contributed by atoms with Crippen molar-refractivity contribution in [2.75, 3.05) is 32.0 Å². The number of carbonyl (C=O) groups is 1. The molecule has 28 heavy (non-hydrogen) atoms. The molecule has 1 atom stereocenters. The first-order valence-corrected chi connectivity index (χ1v) is 9.86. The minimum absolute atomic E-state index is 0. The Kier molecular flexibility index (Phi) is 11.2. The lowest BCUT2D eigenvalue weighted by Gasteiger charge is -2.24. The van der Waals surface area contributed by atoms with Crippen LogP contribution in [-0.4, -0.2) is 55.7 Å². The summed E-state index contributed by atoms with van der Waals surface area (Å²) in [6.45, 7) is 9.99. The zero-order valence-corrected chi connectivity index (χ0v) is 19.7. The lowest BCUT2D eigenvalue weighted by atomic mass is 10.2. The molecule has 1 heterocycles. The van der Waals surface area contributed by atoms with Crippen molar-refractivity contribution < 1.29 is 4.79 Å². The highest BCUT2D eigenvalue weighted by atomic mass is 127. The molecule has 0 radical (unpaired) electrons. The molecule has 0 bridgehead atoms. The molecular formula is C20H35IN6O. The van der Waals surface area contributed by atoms with Gasteiger partial charge >= 0.3 is 6.03 Å². The van der Waals surface area contributed by atoms with Crippen molar-refractivity contribution in [3.05, 3.63) is 29.8 Å². The van der Waals surface area contributed by atoms with Crippen molar-refractivity contribution in [1.82, 2.24) is 20.9 Å². The van der Waals surface area contributed by atoms with Crippen LogP contribution < -0.4 is 21.3 Å². The van der Waals surface area contributed by atoms with Crippen molar-refractivity contribution in [3.63, 3.8) is 0 Å². The van der Waals surface area contributed by atoms with Crippen LogP contribution in [0, 0.1) is 0 Å². The number of nitrogens with one attached hydrogen (secondary N) is 4. The molecule has 1 fully saturated rings. The normalized spacial score (nSPS) is 17.2. The average molecular weight is 502 g/mol. The molecule has 1 saturated heterocycles. The molecule has 1 aromatic rings. The van der Waals surface area contributed by atoms with Crippen LogP contribution in [0.4, 0.5) is 10.5 Å². The summed E-state index contributed by atoms with van der Waals surface area (Å²) in [4.78, 5) is 18.6. The number of urea groups is 1. The van der Waals surface area contributed by atoms with E-state index in [1.807, 2.05) is 38.1 Å². The topological polar surface area (TPSA) is 80.8 Å². The van der Waals surface area contributed by atoms with Gasteiger partial charge in [0.1, 0.15) is 0 Å². The average Bonchev–Trinajstić information content (AvgIpc) is 3.10. The molecule has 0 aromatic heterocycles. The number of likely N-dealkylation sites (tertiary alicyclic amines) is 1. The van der Waals surface area contributed by atoms with Gasteiger partial charge in [0.25, 0.3) is 0 Å². The van der Waals surface area contributed by atoms with Gasteiger partial charge in [-0.2, -0.15) is 0 Å². The molecule has 4 N–H and O–H groups in total. The third kappa shape index (κ3) is 8.22. The van der Waals surface area contributed by atoms with Gasteiger partial charge in [-0.3, -0.25) is 9.89 Å². The number of anilines is 1. The quantitative estimate of drug-likeness (QED) is 0.263. The summed E-state index contributed by atoms with van der Waals surface area (Å²) in [5, 5.41) is 12.4. The first-order chi connectivity index (χ1) is 13.0. The number of nitrogens with zero attached hydrogens (tertiary/aromatic N) is 2. The number of rotatable bonds is 7. The first kappa shape index (κ1) is 24.5. The van der Waals surface area contributed by atoms with Crippen LogP contribution in [0.15, 0.2) is 29.3 Å². The van der Waals surface area contributed by atoms with Gasteiger partial charge in [-0.15, -0.1) is 24.0 Å². The van der Waals surface area contributed by atoms with Crippen molar-refractivity contribution >= 4 is 41.7 Å². The lowest BCUT2D eigenvalue weighted by Crippen LogP contribution is -2.44. The van der Waals surface area contributed by atoms with Crippen LogP contribution in [0.2, 0.25) is 0 Å². The molecule has 1 aliphatic heterocycles. The molecule has 158 valence electrons. The Bertz CT molecular complexity index is 620. The highest BCUT2D eigenvalue weighted by Gasteiger charge is 2.22. The van der Waals surface area contributed by atoms with Crippen LogP contribution in [0.25, 0.3) is 0 Å². The standard InChI is InChI=1S/C20H34N6O.HI/c1-5-26-12-6-7-18(26)14-23-19(21-4)22-13-16-8-10-17(11-9-16)25-20(27)24-15(2)3;/h8-11,15,18H,5-7,12-14H2,1-4H3,(H2,21,22,23)(H2,24,25,27);1H. The molecule has 2 amide bonds. The molecule has 0 spiro atoms. The molecule has 8 heteroatoms. The van der Waals surface area contributed by atoms with E-state index >= 15 is 0 Å².